The molecule has 1 heterocycles. The van der Waals surface area contributed by atoms with Gasteiger partial charge in [0.15, 0.2) is 0 Å². The highest BCUT2D eigenvalue weighted by molar-refractivity contribution is 5.99. The van der Waals surface area contributed by atoms with E-state index >= 15 is 0 Å². The van der Waals surface area contributed by atoms with Gasteiger partial charge in [0.05, 0.1) is 11.7 Å². The third-order valence-electron chi connectivity index (χ3n) is 4.21. The predicted octanol–water partition coefficient (Wildman–Crippen LogP) is 3.43. The molecule has 0 aliphatic carbocycles. The third kappa shape index (κ3) is 4.95. The number of nitrogens with one attached hydrogen (secondary N) is 1. The van der Waals surface area contributed by atoms with Gasteiger partial charge in [-0.2, -0.15) is 13.9 Å². The summed E-state index contributed by atoms with van der Waals surface area (Å²) in [6.07, 6.45) is 0.244. The molecule has 0 aliphatic rings. The van der Waals surface area contributed by atoms with Crippen LogP contribution in [0.4, 0.5) is 17.6 Å². The van der Waals surface area contributed by atoms with Crippen molar-refractivity contribution in [1.82, 2.24) is 15.1 Å². The molecule has 0 bridgehead atoms. The topological polar surface area (TPSA) is 76.4 Å². The van der Waals surface area contributed by atoms with Gasteiger partial charge < -0.3 is 15.2 Å². The van der Waals surface area contributed by atoms with Crippen LogP contribution in [-0.2, 0) is 7.05 Å². The number of aromatic nitrogens is 2. The second-order valence-corrected chi connectivity index (χ2v) is 6.36. The Morgan fingerprint density at radius 1 is 1.20 bits per heavy atom. The smallest absolute Gasteiger partial charge is 0.387 e. The van der Waals surface area contributed by atoms with Crippen LogP contribution in [0.5, 0.6) is 5.75 Å². The molecule has 0 fully saturated rings. The van der Waals surface area contributed by atoms with Crippen LogP contribution in [0.3, 0.4) is 0 Å². The Balaban J connectivity index is 1.71. The number of aliphatic hydroxyl groups is 1. The van der Waals surface area contributed by atoms with Crippen molar-refractivity contribution in [1.29, 1.82) is 0 Å². The molecule has 1 atom stereocenters. The molecule has 10 heteroatoms. The number of carbonyl (C=O) groups excluding carboxylic acids is 1. The number of halogens is 4. The van der Waals surface area contributed by atoms with Crippen molar-refractivity contribution in [3.8, 4) is 17.0 Å². The van der Waals surface area contributed by atoms with Crippen molar-refractivity contribution in [2.75, 3.05) is 6.54 Å². The molecular weight excluding hydrogens is 406 g/mol. The number of rotatable bonds is 7. The first-order chi connectivity index (χ1) is 14.2. The third-order valence-corrected chi connectivity index (χ3v) is 4.21. The van der Waals surface area contributed by atoms with Gasteiger partial charge >= 0.3 is 6.61 Å². The lowest BCUT2D eigenvalue weighted by molar-refractivity contribution is -0.0498. The van der Waals surface area contributed by atoms with Crippen LogP contribution in [0.1, 0.15) is 22.0 Å². The molecule has 6 nitrogen and oxygen atoms in total. The number of carbonyl (C=O) groups is 1. The molecular formula is C20H17F4N3O3. The van der Waals surface area contributed by atoms with Crippen LogP contribution >= 0.6 is 0 Å². The molecule has 3 rings (SSSR count). The number of hydrogen-bond donors (Lipinski definition) is 2. The highest BCUT2D eigenvalue weighted by Gasteiger charge is 2.21. The highest BCUT2D eigenvalue weighted by atomic mass is 19.3. The maximum absolute atomic E-state index is 14.1. The Morgan fingerprint density at radius 3 is 2.53 bits per heavy atom. The lowest BCUT2D eigenvalue weighted by atomic mass is 10.1. The van der Waals surface area contributed by atoms with Gasteiger partial charge in [-0.3, -0.25) is 9.48 Å². The van der Waals surface area contributed by atoms with Crippen molar-refractivity contribution < 1.29 is 32.2 Å². The van der Waals surface area contributed by atoms with Crippen LogP contribution in [0, 0.1) is 11.6 Å². The number of aliphatic hydroxyl groups excluding tert-OH is 1. The van der Waals surface area contributed by atoms with E-state index < -0.39 is 30.3 Å². The molecule has 0 saturated carbocycles. The van der Waals surface area contributed by atoms with Gasteiger partial charge in [-0.05, 0) is 29.8 Å². The SMILES string of the molecule is Cn1cc(C(=O)NCC(O)c2ccc(OC(F)F)cc2)c(-c2ccc(F)cc2F)n1. The van der Waals surface area contributed by atoms with Crippen LogP contribution in [0.2, 0.25) is 0 Å². The zero-order valence-corrected chi connectivity index (χ0v) is 15.7. The molecule has 1 unspecified atom stereocenters. The Morgan fingerprint density at radius 2 is 1.90 bits per heavy atom. The number of amides is 1. The maximum Gasteiger partial charge on any atom is 0.387 e. The maximum atomic E-state index is 14.1. The summed E-state index contributed by atoms with van der Waals surface area (Å²) in [6, 6.07) is 8.24. The van der Waals surface area contributed by atoms with Gasteiger partial charge in [-0.1, -0.05) is 12.1 Å². The van der Waals surface area contributed by atoms with Gasteiger partial charge in [0, 0.05) is 31.4 Å². The summed E-state index contributed by atoms with van der Waals surface area (Å²) < 4.78 is 57.2. The standard InChI is InChI=1S/C20H17F4N3O3/c1-27-10-15(18(26-27)14-7-4-12(21)8-16(14)22)19(29)25-9-17(28)11-2-5-13(6-3-11)30-20(23)24/h2-8,10,17,20,28H,9H2,1H3,(H,25,29). The van der Waals surface area contributed by atoms with E-state index in [1.807, 2.05) is 0 Å². The van der Waals surface area contributed by atoms with Gasteiger partial charge in [0.25, 0.3) is 5.91 Å². The molecule has 1 aromatic heterocycles. The average molecular weight is 423 g/mol. The lowest BCUT2D eigenvalue weighted by Crippen LogP contribution is -2.28. The van der Waals surface area contributed by atoms with Crippen molar-refractivity contribution in [2.45, 2.75) is 12.7 Å². The number of alkyl halides is 2. The van der Waals surface area contributed by atoms with E-state index in [1.54, 1.807) is 7.05 Å². The van der Waals surface area contributed by atoms with Crippen LogP contribution in [0.15, 0.2) is 48.7 Å². The molecule has 2 N–H and O–H groups in total. The fraction of sp³-hybridized carbons (Fsp3) is 0.200. The molecule has 158 valence electrons. The Bertz CT molecular complexity index is 1040. The average Bonchev–Trinajstić information content (AvgIpc) is 3.07. The first-order valence-corrected chi connectivity index (χ1v) is 8.74. The molecule has 0 saturated heterocycles. The number of hydrogen-bond acceptors (Lipinski definition) is 4. The van der Waals surface area contributed by atoms with Crippen LogP contribution < -0.4 is 10.1 Å². The summed E-state index contributed by atoms with van der Waals surface area (Å²) in [6.45, 7) is -3.16. The Hall–Kier alpha value is -3.40. The fourth-order valence-corrected chi connectivity index (χ4v) is 2.81. The summed E-state index contributed by atoms with van der Waals surface area (Å²) in [5.74, 6) is -2.31. The van der Waals surface area contributed by atoms with Crippen molar-refractivity contribution in [3.05, 3.63) is 71.4 Å². The molecule has 0 radical (unpaired) electrons. The molecule has 2 aromatic carbocycles. The zero-order chi connectivity index (χ0) is 21.8. The van der Waals surface area contributed by atoms with E-state index in [4.69, 9.17) is 0 Å². The summed E-state index contributed by atoms with van der Waals surface area (Å²) in [7, 11) is 1.54. The summed E-state index contributed by atoms with van der Waals surface area (Å²) >= 11 is 0. The Kier molecular flexibility index (Phi) is 6.36. The Labute approximate surface area is 168 Å². The van der Waals surface area contributed by atoms with Gasteiger partial charge in [0.2, 0.25) is 0 Å². The van der Waals surface area contributed by atoms with E-state index in [-0.39, 0.29) is 29.1 Å². The number of ether oxygens (including phenoxy) is 1. The lowest BCUT2D eigenvalue weighted by Gasteiger charge is -2.13. The minimum atomic E-state index is -2.96. The van der Waals surface area contributed by atoms with Crippen LogP contribution in [0.25, 0.3) is 11.3 Å². The van der Waals surface area contributed by atoms with Gasteiger partial charge in [-0.15, -0.1) is 0 Å². The zero-order valence-electron chi connectivity index (χ0n) is 15.7. The first-order valence-electron chi connectivity index (χ1n) is 8.74. The number of aryl methyl sites for hydroxylation is 1. The summed E-state index contributed by atoms with van der Waals surface area (Å²) in [5.41, 5.74) is 0.386. The second kappa shape index (κ2) is 8.95. The predicted molar refractivity (Wildman–Crippen MR) is 98.9 cm³/mol. The van der Waals surface area contributed by atoms with E-state index in [0.717, 1.165) is 6.07 Å². The van der Waals surface area contributed by atoms with E-state index in [9.17, 15) is 27.5 Å². The number of nitrogens with zero attached hydrogens (tertiary/aromatic N) is 2. The fourth-order valence-electron chi connectivity index (χ4n) is 2.81. The van der Waals surface area contributed by atoms with E-state index in [2.05, 4.69) is 15.2 Å². The second-order valence-electron chi connectivity index (χ2n) is 6.36. The van der Waals surface area contributed by atoms with Crippen molar-refractivity contribution in [3.63, 3.8) is 0 Å². The largest absolute Gasteiger partial charge is 0.435 e. The number of benzene rings is 2. The normalized spacial score (nSPS) is 12.1. The monoisotopic (exact) mass is 423 g/mol. The molecule has 30 heavy (non-hydrogen) atoms. The minimum absolute atomic E-state index is 0.0236. The summed E-state index contributed by atoms with van der Waals surface area (Å²) in [4.78, 5) is 12.6. The summed E-state index contributed by atoms with van der Waals surface area (Å²) in [5, 5.41) is 16.8. The minimum Gasteiger partial charge on any atom is -0.435 e. The van der Waals surface area contributed by atoms with Crippen LogP contribution in [-0.4, -0.2) is 34.0 Å². The van der Waals surface area contributed by atoms with Crippen molar-refractivity contribution in [2.24, 2.45) is 7.05 Å². The first kappa shape index (κ1) is 21.3. The quantitative estimate of drug-likeness (QED) is 0.571. The molecule has 1 amide bonds. The van der Waals surface area contributed by atoms with E-state index in [0.29, 0.717) is 11.6 Å². The molecule has 0 spiro atoms. The molecule has 3 aromatic rings. The highest BCUT2D eigenvalue weighted by Crippen LogP contribution is 2.26. The molecule has 0 aliphatic heterocycles. The van der Waals surface area contributed by atoms with Gasteiger partial charge in [-0.25, -0.2) is 8.78 Å². The van der Waals surface area contributed by atoms with E-state index in [1.165, 1.54) is 41.2 Å². The van der Waals surface area contributed by atoms with Crippen molar-refractivity contribution >= 4 is 5.91 Å². The van der Waals surface area contributed by atoms with Gasteiger partial charge in [0.1, 0.15) is 23.1 Å².